The fourth-order valence-electron chi connectivity index (χ4n) is 1.40. The van der Waals surface area contributed by atoms with Gasteiger partial charge < -0.3 is 5.11 Å². The first-order valence-corrected chi connectivity index (χ1v) is 6.15. The van der Waals surface area contributed by atoms with Crippen LogP contribution >= 0.6 is 22.9 Å². The van der Waals surface area contributed by atoms with Gasteiger partial charge in [0, 0.05) is 24.2 Å². The van der Waals surface area contributed by atoms with Crippen molar-refractivity contribution in [1.29, 1.82) is 0 Å². The number of nitrogens with zero attached hydrogens (tertiary/aromatic N) is 2. The maximum absolute atomic E-state index is 9.72. The van der Waals surface area contributed by atoms with Crippen LogP contribution in [-0.2, 0) is 6.54 Å². The molecule has 0 amide bonds. The van der Waals surface area contributed by atoms with Crippen LogP contribution in [0.15, 0.2) is 6.20 Å². The summed E-state index contributed by atoms with van der Waals surface area (Å²) in [6, 6.07) is 0. The van der Waals surface area contributed by atoms with Crippen LogP contribution < -0.4 is 0 Å². The molecular weight excluding hydrogens is 232 g/mol. The smallest absolute Gasteiger partial charge is 0.183 e. The molecule has 5 heteroatoms. The van der Waals surface area contributed by atoms with E-state index in [0.29, 0.717) is 11.0 Å². The van der Waals surface area contributed by atoms with Crippen LogP contribution in [0.1, 0.15) is 25.6 Å². The molecule has 15 heavy (non-hydrogen) atoms. The van der Waals surface area contributed by atoms with Crippen molar-refractivity contribution in [3.63, 3.8) is 0 Å². The highest BCUT2D eigenvalue weighted by Crippen LogP contribution is 2.20. The van der Waals surface area contributed by atoms with E-state index in [1.54, 1.807) is 6.20 Å². The lowest BCUT2D eigenvalue weighted by molar-refractivity contribution is 0.0356. The monoisotopic (exact) mass is 248 g/mol. The zero-order valence-corrected chi connectivity index (χ0v) is 10.9. The molecule has 0 spiro atoms. The van der Waals surface area contributed by atoms with Crippen LogP contribution in [0, 0.1) is 0 Å². The van der Waals surface area contributed by atoms with Gasteiger partial charge >= 0.3 is 0 Å². The molecule has 0 unspecified atom stereocenters. The number of hydrogen-bond acceptors (Lipinski definition) is 4. The van der Waals surface area contributed by atoms with Gasteiger partial charge in [-0.1, -0.05) is 18.5 Å². The summed E-state index contributed by atoms with van der Waals surface area (Å²) in [5, 5.41) is 9.72. The summed E-state index contributed by atoms with van der Waals surface area (Å²) in [7, 11) is 0. The second kappa shape index (κ2) is 5.25. The van der Waals surface area contributed by atoms with Crippen molar-refractivity contribution in [2.75, 3.05) is 13.1 Å². The van der Waals surface area contributed by atoms with Crippen molar-refractivity contribution in [2.45, 2.75) is 32.9 Å². The minimum Gasteiger partial charge on any atom is -0.389 e. The molecule has 0 aromatic carbocycles. The predicted octanol–water partition coefficient (Wildman–Crippen LogP) is 2.39. The summed E-state index contributed by atoms with van der Waals surface area (Å²) in [6.07, 6.45) is 1.79. The van der Waals surface area contributed by atoms with Crippen LogP contribution in [0.3, 0.4) is 0 Å². The number of aliphatic hydroxyl groups is 1. The van der Waals surface area contributed by atoms with Crippen LogP contribution in [0.4, 0.5) is 0 Å². The molecule has 0 bridgehead atoms. The average Bonchev–Trinajstić information content (AvgIpc) is 2.47. The van der Waals surface area contributed by atoms with Gasteiger partial charge in [0.2, 0.25) is 0 Å². The van der Waals surface area contributed by atoms with Gasteiger partial charge in [-0.2, -0.15) is 0 Å². The van der Waals surface area contributed by atoms with Gasteiger partial charge in [0.25, 0.3) is 0 Å². The van der Waals surface area contributed by atoms with Crippen LogP contribution in [0.2, 0.25) is 4.47 Å². The Morgan fingerprint density at radius 3 is 2.67 bits per heavy atom. The first kappa shape index (κ1) is 12.9. The second-order valence-corrected chi connectivity index (χ2v) is 5.89. The summed E-state index contributed by atoms with van der Waals surface area (Å²) in [6.45, 7) is 8.06. The fourth-order valence-corrected chi connectivity index (χ4v) is 2.42. The third kappa shape index (κ3) is 4.93. The molecule has 1 heterocycles. The minimum atomic E-state index is -0.662. The normalized spacial score (nSPS) is 12.4. The van der Waals surface area contributed by atoms with E-state index in [0.717, 1.165) is 18.0 Å². The molecule has 3 nitrogen and oxygen atoms in total. The Morgan fingerprint density at radius 2 is 2.27 bits per heavy atom. The Bertz CT molecular complexity index is 309. The van der Waals surface area contributed by atoms with E-state index in [1.807, 2.05) is 13.8 Å². The molecule has 0 aliphatic heterocycles. The molecule has 1 aromatic rings. The highest BCUT2D eigenvalue weighted by Gasteiger charge is 2.17. The molecule has 1 aromatic heterocycles. The Labute approximate surface area is 99.7 Å². The van der Waals surface area contributed by atoms with Crippen LogP contribution in [0.25, 0.3) is 0 Å². The van der Waals surface area contributed by atoms with Crippen molar-refractivity contribution < 1.29 is 5.11 Å². The Morgan fingerprint density at radius 1 is 1.60 bits per heavy atom. The van der Waals surface area contributed by atoms with E-state index in [-0.39, 0.29) is 0 Å². The van der Waals surface area contributed by atoms with Gasteiger partial charge in [-0.05, 0) is 20.4 Å². The number of aromatic nitrogens is 1. The van der Waals surface area contributed by atoms with E-state index in [2.05, 4.69) is 16.8 Å². The molecule has 0 radical (unpaired) electrons. The molecule has 0 aliphatic rings. The maximum atomic E-state index is 9.72. The molecule has 1 rings (SSSR count). The molecule has 1 N–H and O–H groups in total. The standard InChI is InChI=1S/C10H17ClN2OS/c1-4-13(7-10(2,3)14)6-8-5-12-9(11)15-8/h5,14H,4,6-7H2,1-3H3. The summed E-state index contributed by atoms with van der Waals surface area (Å²) in [4.78, 5) is 7.30. The number of halogens is 1. The van der Waals surface area contributed by atoms with Gasteiger partial charge in [-0.25, -0.2) is 4.98 Å². The third-order valence-corrected chi connectivity index (χ3v) is 3.06. The molecule has 0 aliphatic carbocycles. The van der Waals surface area contributed by atoms with E-state index < -0.39 is 5.60 Å². The number of likely N-dealkylation sites (N-methyl/N-ethyl adjacent to an activating group) is 1. The van der Waals surface area contributed by atoms with E-state index in [4.69, 9.17) is 11.6 Å². The zero-order chi connectivity index (χ0) is 11.5. The first-order chi connectivity index (χ1) is 6.90. The van der Waals surface area contributed by atoms with Crippen molar-refractivity contribution >= 4 is 22.9 Å². The van der Waals surface area contributed by atoms with Gasteiger partial charge in [0.1, 0.15) is 0 Å². The lowest BCUT2D eigenvalue weighted by Crippen LogP contribution is -2.37. The van der Waals surface area contributed by atoms with Crippen molar-refractivity contribution in [3.05, 3.63) is 15.5 Å². The SMILES string of the molecule is CCN(Cc1cnc(Cl)s1)CC(C)(C)O. The van der Waals surface area contributed by atoms with Crippen LogP contribution in [0.5, 0.6) is 0 Å². The molecule has 0 saturated heterocycles. The summed E-state index contributed by atoms with van der Waals surface area (Å²) in [5.41, 5.74) is -0.662. The third-order valence-electron chi connectivity index (χ3n) is 1.96. The lowest BCUT2D eigenvalue weighted by atomic mass is 10.1. The second-order valence-electron chi connectivity index (χ2n) is 4.20. The quantitative estimate of drug-likeness (QED) is 0.869. The van der Waals surface area contributed by atoms with Gasteiger partial charge in [0.05, 0.1) is 5.60 Å². The van der Waals surface area contributed by atoms with Crippen molar-refractivity contribution in [2.24, 2.45) is 0 Å². The van der Waals surface area contributed by atoms with Gasteiger partial charge in [-0.15, -0.1) is 11.3 Å². The zero-order valence-electron chi connectivity index (χ0n) is 9.33. The van der Waals surface area contributed by atoms with Crippen LogP contribution in [-0.4, -0.2) is 33.7 Å². The van der Waals surface area contributed by atoms with Gasteiger partial charge in [0.15, 0.2) is 4.47 Å². The minimum absolute atomic E-state index is 0.573. The Kier molecular flexibility index (Phi) is 4.52. The highest BCUT2D eigenvalue weighted by atomic mass is 35.5. The molecule has 86 valence electrons. The summed E-state index contributed by atoms with van der Waals surface area (Å²) < 4.78 is 0.573. The van der Waals surface area contributed by atoms with E-state index in [9.17, 15) is 5.11 Å². The number of thiazole rings is 1. The average molecular weight is 249 g/mol. The number of rotatable bonds is 5. The maximum Gasteiger partial charge on any atom is 0.183 e. The number of hydrogen-bond donors (Lipinski definition) is 1. The molecular formula is C10H17ClN2OS. The summed E-state index contributed by atoms with van der Waals surface area (Å²) in [5.74, 6) is 0. The molecule has 0 fully saturated rings. The first-order valence-electron chi connectivity index (χ1n) is 4.95. The summed E-state index contributed by atoms with van der Waals surface area (Å²) >= 11 is 7.25. The van der Waals surface area contributed by atoms with Crippen molar-refractivity contribution in [3.8, 4) is 0 Å². The molecule has 0 saturated carbocycles. The van der Waals surface area contributed by atoms with Crippen molar-refractivity contribution in [1.82, 2.24) is 9.88 Å². The molecule has 0 atom stereocenters. The topological polar surface area (TPSA) is 36.4 Å². The highest BCUT2D eigenvalue weighted by molar-refractivity contribution is 7.15. The fraction of sp³-hybridized carbons (Fsp3) is 0.700. The largest absolute Gasteiger partial charge is 0.389 e. The van der Waals surface area contributed by atoms with Gasteiger partial charge in [-0.3, -0.25) is 4.90 Å². The van der Waals surface area contributed by atoms with E-state index >= 15 is 0 Å². The Balaban J connectivity index is 2.54. The predicted molar refractivity (Wildman–Crippen MR) is 64.4 cm³/mol. The Hall–Kier alpha value is -0.160. The lowest BCUT2D eigenvalue weighted by Gasteiger charge is -2.27. The van der Waals surface area contributed by atoms with E-state index in [1.165, 1.54) is 11.3 Å².